The van der Waals surface area contributed by atoms with Crippen LogP contribution in [0, 0.1) is 0 Å². The minimum absolute atomic E-state index is 0.0586. The molecule has 0 aliphatic carbocycles. The van der Waals surface area contributed by atoms with Crippen molar-refractivity contribution in [2.24, 2.45) is 7.05 Å². The predicted molar refractivity (Wildman–Crippen MR) is 79.8 cm³/mol. The number of nitrogens with zero attached hydrogens (tertiary/aromatic N) is 3. The summed E-state index contributed by atoms with van der Waals surface area (Å²) in [5.74, 6) is -6.98. The van der Waals surface area contributed by atoms with Crippen LogP contribution in [0.1, 0.15) is 20.8 Å². The SMILES string of the molecule is COC(=O)C(O[C]=O)(OC(=O)c1ccncc1)OC(=O)c1cn(C)cn1. The van der Waals surface area contributed by atoms with E-state index in [-0.39, 0.29) is 11.3 Å². The summed E-state index contributed by atoms with van der Waals surface area (Å²) in [6.07, 6.45) is 5.11. The quantitative estimate of drug-likeness (QED) is 0.478. The molecule has 2 heterocycles. The van der Waals surface area contributed by atoms with Crippen LogP contribution in [0.4, 0.5) is 0 Å². The topological polar surface area (TPSA) is 136 Å². The van der Waals surface area contributed by atoms with Gasteiger partial charge in [-0.1, -0.05) is 0 Å². The molecule has 2 aromatic rings. The number of aromatic nitrogens is 3. The third-order valence-electron chi connectivity index (χ3n) is 2.90. The second kappa shape index (κ2) is 7.88. The lowest BCUT2D eigenvalue weighted by Gasteiger charge is -2.25. The van der Waals surface area contributed by atoms with E-state index in [4.69, 9.17) is 9.47 Å². The number of methoxy groups -OCH3 is 1. The number of aryl methyl sites for hydroxylation is 1. The zero-order valence-corrected chi connectivity index (χ0v) is 13.6. The first-order valence-electron chi connectivity index (χ1n) is 6.90. The first-order chi connectivity index (χ1) is 12.4. The normalized spacial score (nSPS) is 12.4. The Morgan fingerprint density at radius 3 is 2.35 bits per heavy atom. The molecule has 1 radical (unpaired) electrons. The van der Waals surface area contributed by atoms with Gasteiger partial charge in [-0.3, -0.25) is 4.98 Å². The number of ether oxygens (including phenoxy) is 4. The molecule has 0 aromatic carbocycles. The number of hydrogen-bond donors (Lipinski definition) is 0. The third-order valence-corrected chi connectivity index (χ3v) is 2.90. The molecule has 0 amide bonds. The minimum Gasteiger partial charge on any atom is -0.460 e. The van der Waals surface area contributed by atoms with Crippen LogP contribution in [0.3, 0.4) is 0 Å². The van der Waals surface area contributed by atoms with Gasteiger partial charge in [0.25, 0.3) is 0 Å². The molecule has 2 aromatic heterocycles. The Labute approximate surface area is 146 Å². The highest BCUT2D eigenvalue weighted by Crippen LogP contribution is 2.21. The average molecular weight is 362 g/mol. The van der Waals surface area contributed by atoms with Gasteiger partial charge in [0.1, 0.15) is 0 Å². The third kappa shape index (κ3) is 4.01. The number of rotatable bonds is 7. The largest absolute Gasteiger partial charge is 0.530 e. The van der Waals surface area contributed by atoms with E-state index in [2.05, 4.69) is 19.4 Å². The van der Waals surface area contributed by atoms with Crippen molar-refractivity contribution in [1.82, 2.24) is 14.5 Å². The average Bonchev–Trinajstić information content (AvgIpc) is 3.08. The van der Waals surface area contributed by atoms with Gasteiger partial charge in [-0.05, 0) is 12.1 Å². The molecule has 1 atom stereocenters. The summed E-state index contributed by atoms with van der Waals surface area (Å²) in [5.41, 5.74) is -0.299. The van der Waals surface area contributed by atoms with Crippen molar-refractivity contribution in [3.8, 4) is 0 Å². The fourth-order valence-corrected chi connectivity index (χ4v) is 1.73. The van der Waals surface area contributed by atoms with E-state index in [0.29, 0.717) is 0 Å². The number of hydrogen-bond acceptors (Lipinski definition) is 10. The first kappa shape index (κ1) is 18.6. The molecule has 26 heavy (non-hydrogen) atoms. The van der Waals surface area contributed by atoms with Crippen LogP contribution in [0.15, 0.2) is 37.1 Å². The number of esters is 3. The van der Waals surface area contributed by atoms with Gasteiger partial charge in [0, 0.05) is 25.6 Å². The van der Waals surface area contributed by atoms with Gasteiger partial charge in [-0.15, -0.1) is 0 Å². The minimum atomic E-state index is -3.13. The Bertz CT molecular complexity index is 819. The molecule has 1 unspecified atom stereocenters. The maximum absolute atomic E-state index is 12.2. The van der Waals surface area contributed by atoms with Crippen molar-refractivity contribution in [1.29, 1.82) is 0 Å². The number of carbonyl (C=O) groups is 3. The van der Waals surface area contributed by atoms with Crippen molar-refractivity contribution in [3.05, 3.63) is 48.3 Å². The van der Waals surface area contributed by atoms with Crippen molar-refractivity contribution >= 4 is 24.4 Å². The van der Waals surface area contributed by atoms with E-state index in [0.717, 1.165) is 13.6 Å². The molecule has 2 rings (SSSR count). The summed E-state index contributed by atoms with van der Waals surface area (Å²) in [5, 5.41) is 0. The van der Waals surface area contributed by atoms with Crippen molar-refractivity contribution in [3.63, 3.8) is 0 Å². The summed E-state index contributed by atoms with van der Waals surface area (Å²) < 4.78 is 19.8. The van der Waals surface area contributed by atoms with E-state index in [1.54, 1.807) is 7.05 Å². The summed E-state index contributed by atoms with van der Waals surface area (Å²) in [6.45, 7) is 0.899. The van der Waals surface area contributed by atoms with Crippen LogP contribution in [0.25, 0.3) is 0 Å². The van der Waals surface area contributed by atoms with Crippen molar-refractivity contribution < 1.29 is 38.1 Å². The summed E-state index contributed by atoms with van der Waals surface area (Å²) in [7, 11) is 2.48. The molecule has 11 heteroatoms. The van der Waals surface area contributed by atoms with Gasteiger partial charge in [-0.2, -0.15) is 0 Å². The molecule has 0 spiro atoms. The van der Waals surface area contributed by atoms with Crippen LogP contribution in [0.5, 0.6) is 0 Å². The molecule has 135 valence electrons. The van der Waals surface area contributed by atoms with Crippen molar-refractivity contribution in [2.45, 2.75) is 5.97 Å². The van der Waals surface area contributed by atoms with Crippen LogP contribution in [-0.4, -0.2) is 52.0 Å². The molecule has 0 aliphatic rings. The van der Waals surface area contributed by atoms with Crippen LogP contribution < -0.4 is 0 Å². The summed E-state index contributed by atoms with van der Waals surface area (Å²) >= 11 is 0. The first-order valence-corrected chi connectivity index (χ1v) is 6.90. The Balaban J connectivity index is 2.34. The maximum atomic E-state index is 12.2. The van der Waals surface area contributed by atoms with E-state index >= 15 is 0 Å². The lowest BCUT2D eigenvalue weighted by atomic mass is 10.3. The number of pyridine rings is 1. The zero-order chi connectivity index (χ0) is 19.2. The predicted octanol–water partition coefficient (Wildman–Crippen LogP) is -0.261. The maximum Gasteiger partial charge on any atom is 0.530 e. The summed E-state index contributed by atoms with van der Waals surface area (Å²) in [6, 6.07) is 2.52. The standard InChI is InChI=1S/C15H12N3O8/c1-18-7-11(17-8-18)13(21)26-15(24-9-19,14(22)23-2)25-12(20)10-3-5-16-6-4-10/h3-8H,1-2H3. The second-order valence-corrected chi connectivity index (χ2v) is 4.67. The van der Waals surface area contributed by atoms with Gasteiger partial charge < -0.3 is 23.5 Å². The molecule has 0 fully saturated rings. The fourth-order valence-electron chi connectivity index (χ4n) is 1.73. The Morgan fingerprint density at radius 2 is 1.81 bits per heavy atom. The summed E-state index contributed by atoms with van der Waals surface area (Å²) in [4.78, 5) is 54.6. The monoisotopic (exact) mass is 362 g/mol. The van der Waals surface area contributed by atoms with Crippen LogP contribution in [-0.2, 0) is 35.6 Å². The molecule has 11 nitrogen and oxygen atoms in total. The lowest BCUT2D eigenvalue weighted by molar-refractivity contribution is -0.288. The Morgan fingerprint density at radius 1 is 1.15 bits per heavy atom. The fraction of sp³-hybridized carbons (Fsp3) is 0.200. The molecular formula is C15H12N3O8. The van der Waals surface area contributed by atoms with Gasteiger partial charge in [0.15, 0.2) is 5.69 Å². The van der Waals surface area contributed by atoms with E-state index in [1.165, 1.54) is 41.6 Å². The second-order valence-electron chi connectivity index (χ2n) is 4.67. The molecule has 0 bridgehead atoms. The zero-order valence-electron chi connectivity index (χ0n) is 13.6. The molecule has 0 aliphatic heterocycles. The van der Waals surface area contributed by atoms with E-state index in [9.17, 15) is 19.2 Å². The highest BCUT2D eigenvalue weighted by atomic mass is 16.9. The highest BCUT2D eigenvalue weighted by Gasteiger charge is 2.53. The molecular weight excluding hydrogens is 350 g/mol. The van der Waals surface area contributed by atoms with Crippen molar-refractivity contribution in [2.75, 3.05) is 7.11 Å². The van der Waals surface area contributed by atoms with E-state index < -0.39 is 23.9 Å². The van der Waals surface area contributed by atoms with Gasteiger partial charge in [0.2, 0.25) is 0 Å². The molecule has 0 N–H and O–H groups in total. The van der Waals surface area contributed by atoms with Gasteiger partial charge >= 0.3 is 30.4 Å². The number of imidazole rings is 1. The molecule has 0 saturated carbocycles. The van der Waals surface area contributed by atoms with E-state index in [1.807, 2.05) is 0 Å². The van der Waals surface area contributed by atoms with Crippen LogP contribution >= 0.6 is 0 Å². The lowest BCUT2D eigenvalue weighted by Crippen LogP contribution is -2.50. The number of carbonyl (C=O) groups excluding carboxylic acids is 4. The van der Waals surface area contributed by atoms with Gasteiger partial charge in [0.05, 0.1) is 19.0 Å². The van der Waals surface area contributed by atoms with Crippen LogP contribution in [0.2, 0.25) is 0 Å². The van der Waals surface area contributed by atoms with Gasteiger partial charge in [-0.25, -0.2) is 24.2 Å². The Kier molecular flexibility index (Phi) is 5.63. The molecule has 0 saturated heterocycles. The Hall–Kier alpha value is -3.76. The highest BCUT2D eigenvalue weighted by molar-refractivity contribution is 5.94. The smallest absolute Gasteiger partial charge is 0.460 e.